The third kappa shape index (κ3) is 4.00. The normalized spacial score (nSPS) is 11.0. The number of carbonyl (C=O) groups excluding carboxylic acids is 1. The Bertz CT molecular complexity index is 777. The van der Waals surface area contributed by atoms with Crippen molar-refractivity contribution in [3.8, 4) is 23.0 Å². The van der Waals surface area contributed by atoms with E-state index in [0.717, 1.165) is 0 Å². The van der Waals surface area contributed by atoms with Gasteiger partial charge in [-0.2, -0.15) is 5.10 Å². The Balaban J connectivity index is 2.26. The van der Waals surface area contributed by atoms with Gasteiger partial charge in [0.15, 0.2) is 11.5 Å². The van der Waals surface area contributed by atoms with Crippen LogP contribution in [0.5, 0.6) is 23.0 Å². The number of phenols is 1. The molecule has 0 aliphatic rings. The smallest absolute Gasteiger partial charge is 0.271 e. The number of methoxy groups -OCH3 is 3. The molecule has 2 aromatic rings. The topological polar surface area (TPSA) is 89.4 Å². The number of nitrogens with one attached hydrogen (secondary N) is 1. The molecule has 0 saturated heterocycles. The van der Waals surface area contributed by atoms with Crippen LogP contribution >= 0.6 is 0 Å². The number of nitrogens with zero attached hydrogens (tertiary/aromatic N) is 1. The summed E-state index contributed by atoms with van der Waals surface area (Å²) < 4.78 is 15.7. The van der Waals surface area contributed by atoms with Crippen molar-refractivity contribution in [1.82, 2.24) is 5.43 Å². The summed E-state index contributed by atoms with van der Waals surface area (Å²) in [5.41, 5.74) is 3.75. The molecule has 0 bridgehead atoms. The van der Waals surface area contributed by atoms with Crippen molar-refractivity contribution in [3.63, 3.8) is 0 Å². The second-order valence-electron chi connectivity index (χ2n) is 5.07. The molecule has 132 valence electrons. The van der Waals surface area contributed by atoms with Crippen LogP contribution in [-0.2, 0) is 0 Å². The van der Waals surface area contributed by atoms with E-state index in [2.05, 4.69) is 10.5 Å². The van der Waals surface area contributed by atoms with Gasteiger partial charge in [-0.25, -0.2) is 5.43 Å². The van der Waals surface area contributed by atoms with E-state index in [1.807, 2.05) is 0 Å². The Morgan fingerprint density at radius 1 is 1.04 bits per heavy atom. The molecule has 0 radical (unpaired) electrons. The molecular weight excluding hydrogens is 324 g/mol. The lowest BCUT2D eigenvalue weighted by atomic mass is 10.1. The van der Waals surface area contributed by atoms with Crippen molar-refractivity contribution >= 4 is 11.6 Å². The van der Waals surface area contributed by atoms with Crippen LogP contribution in [0.2, 0.25) is 0 Å². The molecule has 2 N–H and O–H groups in total. The van der Waals surface area contributed by atoms with E-state index in [4.69, 9.17) is 14.2 Å². The Labute approximate surface area is 145 Å². The maximum absolute atomic E-state index is 12.4. The maximum Gasteiger partial charge on any atom is 0.271 e. The first kappa shape index (κ1) is 18.1. The van der Waals surface area contributed by atoms with Gasteiger partial charge >= 0.3 is 0 Å². The molecule has 0 heterocycles. The molecule has 7 heteroatoms. The molecule has 0 unspecified atom stereocenters. The number of para-hydroxylation sites is 1. The van der Waals surface area contributed by atoms with Gasteiger partial charge in [-0.05, 0) is 31.2 Å². The zero-order valence-corrected chi connectivity index (χ0v) is 14.5. The quantitative estimate of drug-likeness (QED) is 0.621. The number of ether oxygens (including phenoxy) is 3. The summed E-state index contributed by atoms with van der Waals surface area (Å²) in [7, 11) is 4.43. The highest BCUT2D eigenvalue weighted by molar-refractivity contribution is 6.02. The van der Waals surface area contributed by atoms with Gasteiger partial charge in [-0.3, -0.25) is 4.79 Å². The Morgan fingerprint density at radius 3 is 2.16 bits per heavy atom. The number of rotatable bonds is 6. The molecule has 25 heavy (non-hydrogen) atoms. The molecule has 0 saturated carbocycles. The largest absolute Gasteiger partial charge is 0.507 e. The highest BCUT2D eigenvalue weighted by Gasteiger charge is 2.17. The molecule has 2 aromatic carbocycles. The van der Waals surface area contributed by atoms with E-state index in [1.54, 1.807) is 31.2 Å². The Hall–Kier alpha value is -3.22. The fraction of sp³-hybridized carbons (Fsp3) is 0.222. The summed E-state index contributed by atoms with van der Waals surface area (Å²) in [4.78, 5) is 12.4. The molecule has 0 spiro atoms. The van der Waals surface area contributed by atoms with Gasteiger partial charge in [0.25, 0.3) is 5.91 Å². The fourth-order valence-corrected chi connectivity index (χ4v) is 2.25. The van der Waals surface area contributed by atoms with Gasteiger partial charge in [0.1, 0.15) is 5.75 Å². The second kappa shape index (κ2) is 8.05. The average molecular weight is 344 g/mol. The number of hydrogen-bond donors (Lipinski definition) is 2. The highest BCUT2D eigenvalue weighted by atomic mass is 16.5. The third-order valence-corrected chi connectivity index (χ3v) is 3.55. The average Bonchev–Trinajstić information content (AvgIpc) is 2.64. The minimum absolute atomic E-state index is 0.0887. The first-order valence-electron chi connectivity index (χ1n) is 7.44. The minimum atomic E-state index is -0.450. The van der Waals surface area contributed by atoms with Crippen molar-refractivity contribution in [1.29, 1.82) is 0 Å². The van der Waals surface area contributed by atoms with Gasteiger partial charge < -0.3 is 19.3 Å². The molecule has 0 aliphatic carbocycles. The molecule has 0 atom stereocenters. The fourth-order valence-electron chi connectivity index (χ4n) is 2.25. The van der Waals surface area contributed by atoms with Crippen molar-refractivity contribution in [2.75, 3.05) is 21.3 Å². The first-order valence-corrected chi connectivity index (χ1v) is 7.44. The molecule has 2 rings (SSSR count). The van der Waals surface area contributed by atoms with Gasteiger partial charge in [0.2, 0.25) is 5.75 Å². The minimum Gasteiger partial charge on any atom is -0.507 e. The van der Waals surface area contributed by atoms with Crippen LogP contribution in [-0.4, -0.2) is 38.1 Å². The standard InChI is InChI=1S/C18H20N2O5/c1-11(13-7-5-6-8-14(13)21)19-20-18(22)12-9-15(23-2)17(25-4)16(10-12)24-3/h5-10,21H,1-4H3,(H,20,22)/b19-11+. The lowest BCUT2D eigenvalue weighted by Gasteiger charge is -2.13. The molecule has 7 nitrogen and oxygen atoms in total. The van der Waals surface area contributed by atoms with Crippen LogP contribution in [0.4, 0.5) is 0 Å². The molecule has 0 fully saturated rings. The lowest BCUT2D eigenvalue weighted by molar-refractivity contribution is 0.0954. The predicted molar refractivity (Wildman–Crippen MR) is 93.9 cm³/mol. The van der Waals surface area contributed by atoms with E-state index in [9.17, 15) is 9.90 Å². The lowest BCUT2D eigenvalue weighted by Crippen LogP contribution is -2.19. The maximum atomic E-state index is 12.4. The number of carbonyl (C=O) groups is 1. The molecule has 0 aromatic heterocycles. The zero-order valence-electron chi connectivity index (χ0n) is 14.5. The van der Waals surface area contributed by atoms with Crippen LogP contribution in [0.25, 0.3) is 0 Å². The van der Waals surface area contributed by atoms with E-state index < -0.39 is 5.91 Å². The number of hydrazone groups is 1. The van der Waals surface area contributed by atoms with Gasteiger partial charge in [-0.1, -0.05) is 12.1 Å². The summed E-state index contributed by atoms with van der Waals surface area (Å²) >= 11 is 0. The van der Waals surface area contributed by atoms with Crippen LogP contribution in [0.3, 0.4) is 0 Å². The summed E-state index contributed by atoms with van der Waals surface area (Å²) in [5.74, 6) is 0.775. The number of aromatic hydroxyl groups is 1. The van der Waals surface area contributed by atoms with Crippen LogP contribution in [0, 0.1) is 0 Å². The summed E-state index contributed by atoms with van der Waals surface area (Å²) in [6, 6.07) is 9.80. The molecule has 0 aliphatic heterocycles. The van der Waals surface area contributed by atoms with Gasteiger partial charge in [0.05, 0.1) is 27.0 Å². The number of hydrogen-bond acceptors (Lipinski definition) is 6. The van der Waals surface area contributed by atoms with Crippen molar-refractivity contribution in [2.24, 2.45) is 5.10 Å². The molecular formula is C18H20N2O5. The summed E-state index contributed by atoms with van der Waals surface area (Å²) in [6.45, 7) is 1.69. The highest BCUT2D eigenvalue weighted by Crippen LogP contribution is 2.38. The summed E-state index contributed by atoms with van der Waals surface area (Å²) in [5, 5.41) is 13.8. The predicted octanol–water partition coefficient (Wildman–Crippen LogP) is 2.57. The number of benzene rings is 2. The first-order chi connectivity index (χ1) is 12.0. The Morgan fingerprint density at radius 2 is 1.64 bits per heavy atom. The second-order valence-corrected chi connectivity index (χ2v) is 5.07. The van der Waals surface area contributed by atoms with Crippen molar-refractivity contribution in [3.05, 3.63) is 47.5 Å². The van der Waals surface area contributed by atoms with Crippen LogP contribution < -0.4 is 19.6 Å². The van der Waals surface area contributed by atoms with Gasteiger partial charge in [-0.15, -0.1) is 0 Å². The summed E-state index contributed by atoms with van der Waals surface area (Å²) in [6.07, 6.45) is 0. The number of phenolic OH excluding ortho intramolecular Hbond substituents is 1. The Kier molecular flexibility index (Phi) is 5.84. The monoisotopic (exact) mass is 344 g/mol. The SMILES string of the molecule is COc1cc(C(=O)N/N=C(\C)c2ccccc2O)cc(OC)c1OC. The van der Waals surface area contributed by atoms with E-state index in [-0.39, 0.29) is 5.75 Å². The van der Waals surface area contributed by atoms with E-state index >= 15 is 0 Å². The van der Waals surface area contributed by atoms with E-state index in [1.165, 1.54) is 33.5 Å². The number of amides is 1. The van der Waals surface area contributed by atoms with Gasteiger partial charge in [0, 0.05) is 11.1 Å². The third-order valence-electron chi connectivity index (χ3n) is 3.55. The van der Waals surface area contributed by atoms with Crippen LogP contribution in [0.1, 0.15) is 22.8 Å². The molecule has 1 amide bonds. The van der Waals surface area contributed by atoms with E-state index in [0.29, 0.717) is 34.1 Å². The van der Waals surface area contributed by atoms with Crippen molar-refractivity contribution in [2.45, 2.75) is 6.92 Å². The zero-order chi connectivity index (χ0) is 18.4. The van der Waals surface area contributed by atoms with Crippen molar-refractivity contribution < 1.29 is 24.1 Å². The van der Waals surface area contributed by atoms with Crippen LogP contribution in [0.15, 0.2) is 41.5 Å².